The largest absolute Gasteiger partial charge is 0.383 e. The predicted molar refractivity (Wildman–Crippen MR) is 157 cm³/mol. The second-order valence-corrected chi connectivity index (χ2v) is 11.2. The molecule has 0 aliphatic carbocycles. The van der Waals surface area contributed by atoms with Crippen molar-refractivity contribution in [1.29, 1.82) is 10.5 Å². The maximum atomic E-state index is 13.5. The molecule has 2 N–H and O–H groups in total. The third-order valence-corrected chi connectivity index (χ3v) is 6.81. The van der Waals surface area contributed by atoms with Crippen molar-refractivity contribution in [3.63, 3.8) is 0 Å². The third-order valence-electron chi connectivity index (χ3n) is 6.81. The van der Waals surface area contributed by atoms with E-state index in [2.05, 4.69) is 63.8 Å². The minimum absolute atomic E-state index is 0.0493. The van der Waals surface area contributed by atoms with Crippen molar-refractivity contribution >= 4 is 33.2 Å². The number of nitrogens with zero attached hydrogens (tertiary/aromatic N) is 7. The third kappa shape index (κ3) is 5.64. The molecule has 2 atom stereocenters. The van der Waals surface area contributed by atoms with Crippen LogP contribution < -0.4 is 10.6 Å². The molecule has 0 aliphatic heterocycles. The van der Waals surface area contributed by atoms with Crippen molar-refractivity contribution in [3.8, 4) is 12.1 Å². The fourth-order valence-electron chi connectivity index (χ4n) is 4.67. The van der Waals surface area contributed by atoms with Crippen LogP contribution in [-0.4, -0.2) is 38.2 Å². The van der Waals surface area contributed by atoms with Gasteiger partial charge in [0.2, 0.25) is 0 Å². The Morgan fingerprint density at radius 2 is 1.83 bits per heavy atom. The quantitative estimate of drug-likeness (QED) is 0.231. The van der Waals surface area contributed by atoms with E-state index in [-0.39, 0.29) is 5.41 Å². The fraction of sp³-hybridized carbons (Fsp3) is 0.290. The van der Waals surface area contributed by atoms with Crippen LogP contribution in [0.15, 0.2) is 61.1 Å². The summed E-state index contributed by atoms with van der Waals surface area (Å²) in [7, 11) is 0. The van der Waals surface area contributed by atoms with Gasteiger partial charge in [-0.05, 0) is 42.2 Å². The zero-order valence-corrected chi connectivity index (χ0v) is 23.4. The Balaban J connectivity index is 1.68. The van der Waals surface area contributed by atoms with Crippen LogP contribution in [0.2, 0.25) is 0 Å². The summed E-state index contributed by atoms with van der Waals surface area (Å²) < 4.78 is 15.0. The van der Waals surface area contributed by atoms with E-state index in [4.69, 9.17) is 0 Å². The highest BCUT2D eigenvalue weighted by molar-refractivity contribution is 5.99. The maximum absolute atomic E-state index is 13.5. The first-order valence-electron chi connectivity index (χ1n) is 13.3. The van der Waals surface area contributed by atoms with Gasteiger partial charge in [0.1, 0.15) is 24.5 Å². The van der Waals surface area contributed by atoms with Crippen molar-refractivity contribution in [1.82, 2.24) is 25.0 Å². The second-order valence-electron chi connectivity index (χ2n) is 11.2. The van der Waals surface area contributed by atoms with Crippen LogP contribution in [0.3, 0.4) is 0 Å². The van der Waals surface area contributed by atoms with E-state index in [0.29, 0.717) is 45.6 Å². The molecule has 10 heteroatoms. The molecule has 0 bridgehead atoms. The highest BCUT2D eigenvalue weighted by Gasteiger charge is 2.23. The number of pyridine rings is 2. The summed E-state index contributed by atoms with van der Waals surface area (Å²) in [6, 6.07) is 16.8. The second kappa shape index (κ2) is 11.2. The Kier molecular flexibility index (Phi) is 7.50. The molecule has 0 fully saturated rings. The Labute approximate surface area is 237 Å². The van der Waals surface area contributed by atoms with Crippen LogP contribution in [0.1, 0.15) is 62.2 Å². The minimum atomic E-state index is -0.576. The van der Waals surface area contributed by atoms with Gasteiger partial charge in [-0.25, -0.2) is 9.07 Å². The molecule has 206 valence electrons. The van der Waals surface area contributed by atoms with Gasteiger partial charge in [-0.3, -0.25) is 9.97 Å². The van der Waals surface area contributed by atoms with Crippen LogP contribution in [0.25, 0.3) is 21.8 Å². The van der Waals surface area contributed by atoms with E-state index in [1.165, 1.54) is 10.9 Å². The van der Waals surface area contributed by atoms with Crippen molar-refractivity contribution in [2.75, 3.05) is 23.9 Å². The molecule has 9 nitrogen and oxygen atoms in total. The lowest BCUT2D eigenvalue weighted by atomic mass is 9.96. The molecule has 0 unspecified atom stereocenters. The summed E-state index contributed by atoms with van der Waals surface area (Å²) >= 11 is 0. The normalized spacial score (nSPS) is 13.0. The topological polar surface area (TPSA) is 128 Å². The van der Waals surface area contributed by atoms with Gasteiger partial charge >= 0.3 is 0 Å². The van der Waals surface area contributed by atoms with Crippen LogP contribution in [0.5, 0.6) is 0 Å². The monoisotopic (exact) mass is 547 g/mol. The van der Waals surface area contributed by atoms with Gasteiger partial charge < -0.3 is 10.6 Å². The van der Waals surface area contributed by atoms with Gasteiger partial charge in [0.05, 0.1) is 46.1 Å². The van der Waals surface area contributed by atoms with E-state index in [1.807, 2.05) is 36.4 Å². The zero-order valence-electron chi connectivity index (χ0n) is 23.4. The molecular formula is C31H30FN9. The molecule has 0 saturated heterocycles. The van der Waals surface area contributed by atoms with E-state index in [0.717, 1.165) is 16.5 Å². The maximum Gasteiger partial charge on any atom is 0.112 e. The summed E-state index contributed by atoms with van der Waals surface area (Å²) in [4.78, 5) is 8.96. The summed E-state index contributed by atoms with van der Waals surface area (Å²) in [5, 5.41) is 37.1. The molecule has 5 rings (SSSR count). The van der Waals surface area contributed by atoms with Gasteiger partial charge in [-0.15, -0.1) is 5.10 Å². The molecule has 5 aromatic rings. The summed E-state index contributed by atoms with van der Waals surface area (Å²) in [6.07, 6.45) is 4.97. The van der Waals surface area contributed by atoms with Crippen molar-refractivity contribution in [2.45, 2.75) is 39.8 Å². The number of nitriles is 2. The smallest absolute Gasteiger partial charge is 0.112 e. The van der Waals surface area contributed by atoms with E-state index < -0.39 is 18.8 Å². The van der Waals surface area contributed by atoms with Crippen LogP contribution in [0.4, 0.5) is 15.8 Å². The summed E-state index contributed by atoms with van der Waals surface area (Å²) in [5.74, 6) is 0. The minimum Gasteiger partial charge on any atom is -0.383 e. The molecular weight excluding hydrogens is 517 g/mol. The van der Waals surface area contributed by atoms with E-state index in [1.54, 1.807) is 25.4 Å². The Morgan fingerprint density at radius 3 is 2.56 bits per heavy atom. The van der Waals surface area contributed by atoms with E-state index >= 15 is 0 Å². The first kappa shape index (κ1) is 27.5. The lowest BCUT2D eigenvalue weighted by Crippen LogP contribution is -2.20. The number of anilines is 2. The van der Waals surface area contributed by atoms with Crippen molar-refractivity contribution < 1.29 is 4.39 Å². The van der Waals surface area contributed by atoms with Crippen molar-refractivity contribution in [2.24, 2.45) is 5.41 Å². The van der Waals surface area contributed by atoms with Gasteiger partial charge in [-0.1, -0.05) is 44.2 Å². The molecule has 0 radical (unpaired) electrons. The van der Waals surface area contributed by atoms with Gasteiger partial charge in [-0.2, -0.15) is 10.5 Å². The van der Waals surface area contributed by atoms with Gasteiger partial charge in [0, 0.05) is 35.4 Å². The number of hydrogen-bond donors (Lipinski definition) is 2. The molecule has 0 aliphatic rings. The lowest BCUT2D eigenvalue weighted by molar-refractivity contribution is 0.351. The van der Waals surface area contributed by atoms with Crippen LogP contribution in [-0.2, 0) is 0 Å². The standard InChI is InChI=1S/C31H30FN9/c1-19(13-32)41-17-27(39-40-41)30(24-7-5-9-26-23(24)8-6-10-35-26)38-22-11-20(14-33)28-25(12-22)29(21(15-34)16-36-28)37-18-31(2,3)4/h5-12,16-17,19,30,38H,13,18H2,1-4H3,(H,36,37)/t19-,30-/m0/s1. The number of nitrogens with one attached hydrogen (secondary N) is 2. The lowest BCUT2D eigenvalue weighted by Gasteiger charge is -2.23. The summed E-state index contributed by atoms with van der Waals surface area (Å²) in [5.41, 5.74) is 4.75. The van der Waals surface area contributed by atoms with Crippen LogP contribution in [0, 0.1) is 28.1 Å². The molecule has 3 heterocycles. The van der Waals surface area contributed by atoms with Crippen LogP contribution >= 0.6 is 0 Å². The fourth-order valence-corrected chi connectivity index (χ4v) is 4.67. The molecule has 2 aromatic carbocycles. The summed E-state index contributed by atoms with van der Waals surface area (Å²) in [6.45, 7) is 8.07. The predicted octanol–water partition coefficient (Wildman–Crippen LogP) is 6.31. The molecule has 41 heavy (non-hydrogen) atoms. The molecule has 0 saturated carbocycles. The first-order valence-corrected chi connectivity index (χ1v) is 13.3. The number of halogens is 1. The highest BCUT2D eigenvalue weighted by atomic mass is 19.1. The number of alkyl halides is 1. The Bertz CT molecular complexity index is 1800. The van der Waals surface area contributed by atoms with Gasteiger partial charge in [0.15, 0.2) is 0 Å². The van der Waals surface area contributed by atoms with E-state index in [9.17, 15) is 14.9 Å². The van der Waals surface area contributed by atoms with Crippen molar-refractivity contribution in [3.05, 3.63) is 83.4 Å². The number of fused-ring (bicyclic) bond motifs is 2. The zero-order chi connectivity index (χ0) is 29.1. The Morgan fingerprint density at radius 1 is 1.02 bits per heavy atom. The highest BCUT2D eigenvalue weighted by Crippen LogP contribution is 2.35. The average molecular weight is 548 g/mol. The molecule has 3 aromatic heterocycles. The number of benzene rings is 2. The molecule has 0 amide bonds. The Hall–Kier alpha value is -5.09. The first-order chi connectivity index (χ1) is 19.7. The van der Waals surface area contributed by atoms with Gasteiger partial charge in [0.25, 0.3) is 0 Å². The number of rotatable bonds is 8. The SMILES string of the molecule is C[C@@H](CF)n1cc([C@@H](Nc2cc(C#N)c3ncc(C#N)c(NCC(C)(C)C)c3c2)c2cccc3ncccc23)nn1. The average Bonchev–Trinajstić information content (AvgIpc) is 3.47. The number of hydrogen-bond acceptors (Lipinski definition) is 8. The number of aromatic nitrogens is 5. The molecule has 0 spiro atoms.